The van der Waals surface area contributed by atoms with E-state index in [1.807, 2.05) is 0 Å². The Morgan fingerprint density at radius 1 is 1.36 bits per heavy atom. The summed E-state index contributed by atoms with van der Waals surface area (Å²) in [4.78, 5) is 37.3. The van der Waals surface area contributed by atoms with E-state index in [2.05, 4.69) is 19.9 Å². The summed E-state index contributed by atoms with van der Waals surface area (Å²) in [5.41, 5.74) is 0.370. The van der Waals surface area contributed by atoms with Gasteiger partial charge in [0.15, 0.2) is 11.2 Å². The second kappa shape index (κ2) is 6.17. The fraction of sp³-hybridized carbons (Fsp3) is 0.571. The predicted molar refractivity (Wildman–Crippen MR) is 80.8 cm³/mol. The highest BCUT2D eigenvalue weighted by Crippen LogP contribution is 2.16. The molecule has 2 aromatic heterocycles. The number of H-pyrrole nitrogens is 1. The maximum atomic E-state index is 12.3. The second-order valence-corrected chi connectivity index (χ2v) is 5.29. The zero-order valence-electron chi connectivity index (χ0n) is 12.5. The predicted octanol–water partition coefficient (Wildman–Crippen LogP) is 0.673. The minimum absolute atomic E-state index is 0.0435. The summed E-state index contributed by atoms with van der Waals surface area (Å²) in [6.45, 7) is 3.77. The van der Waals surface area contributed by atoms with E-state index in [-0.39, 0.29) is 12.1 Å². The smallest absolute Gasteiger partial charge is 0.326 e. The highest BCUT2D eigenvalue weighted by Gasteiger charge is 2.17. The van der Waals surface area contributed by atoms with E-state index in [1.165, 1.54) is 17.3 Å². The van der Waals surface area contributed by atoms with Crippen molar-refractivity contribution in [3.8, 4) is 0 Å². The Morgan fingerprint density at radius 3 is 2.86 bits per heavy atom. The molecule has 0 aliphatic carbocycles. The van der Waals surface area contributed by atoms with E-state index in [1.54, 1.807) is 6.92 Å². The van der Waals surface area contributed by atoms with Crippen molar-refractivity contribution in [1.82, 2.24) is 19.5 Å². The molecule has 2 aromatic rings. The summed E-state index contributed by atoms with van der Waals surface area (Å²) >= 11 is 0. The van der Waals surface area contributed by atoms with Gasteiger partial charge in [-0.25, -0.2) is 4.98 Å². The van der Waals surface area contributed by atoms with Crippen LogP contribution in [0.4, 0.5) is 5.95 Å². The van der Waals surface area contributed by atoms with Crippen molar-refractivity contribution >= 4 is 23.1 Å². The van der Waals surface area contributed by atoms with E-state index >= 15 is 0 Å². The van der Waals surface area contributed by atoms with Crippen LogP contribution in [0, 0.1) is 0 Å². The Kier molecular flexibility index (Phi) is 4.08. The third-order valence-electron chi connectivity index (χ3n) is 3.73. The second-order valence-electron chi connectivity index (χ2n) is 5.29. The molecule has 0 atom stereocenters. The molecule has 8 nitrogen and oxygen atoms in total. The number of imidazole rings is 1. The van der Waals surface area contributed by atoms with E-state index in [4.69, 9.17) is 4.74 Å². The monoisotopic (exact) mass is 305 g/mol. The number of ether oxygens (including phenoxy) is 1. The molecule has 22 heavy (non-hydrogen) atoms. The third kappa shape index (κ3) is 2.81. The summed E-state index contributed by atoms with van der Waals surface area (Å²) in [5, 5.41) is 0. The molecule has 1 fully saturated rings. The number of anilines is 1. The lowest BCUT2D eigenvalue weighted by Gasteiger charge is -2.26. The number of carbonyl (C=O) groups excluding carboxylic acids is 1. The lowest BCUT2D eigenvalue weighted by molar-refractivity contribution is -0.143. The Labute approximate surface area is 127 Å². The third-order valence-corrected chi connectivity index (χ3v) is 3.73. The molecule has 0 bridgehead atoms. The van der Waals surface area contributed by atoms with Crippen molar-refractivity contribution < 1.29 is 9.53 Å². The largest absolute Gasteiger partial charge is 0.465 e. The van der Waals surface area contributed by atoms with Crippen LogP contribution < -0.4 is 10.5 Å². The highest BCUT2D eigenvalue weighted by atomic mass is 16.5. The fourth-order valence-corrected chi connectivity index (χ4v) is 2.70. The molecule has 1 aliphatic rings. The molecule has 0 spiro atoms. The van der Waals surface area contributed by atoms with Gasteiger partial charge in [-0.2, -0.15) is 4.98 Å². The van der Waals surface area contributed by atoms with E-state index in [9.17, 15) is 9.59 Å². The van der Waals surface area contributed by atoms with Crippen molar-refractivity contribution in [3.05, 3.63) is 16.7 Å². The molecule has 1 saturated heterocycles. The molecule has 0 unspecified atom stereocenters. The molecule has 118 valence electrons. The van der Waals surface area contributed by atoms with Crippen molar-refractivity contribution in [3.63, 3.8) is 0 Å². The minimum atomic E-state index is -0.402. The topological polar surface area (TPSA) is 93.1 Å². The summed E-state index contributed by atoms with van der Waals surface area (Å²) in [6, 6.07) is 0. The number of hydrogen-bond donors (Lipinski definition) is 1. The molecule has 0 saturated carbocycles. The van der Waals surface area contributed by atoms with Crippen LogP contribution in [0.2, 0.25) is 0 Å². The van der Waals surface area contributed by atoms with Gasteiger partial charge in [0.05, 0.1) is 12.9 Å². The summed E-state index contributed by atoms with van der Waals surface area (Å²) in [6.07, 6.45) is 4.85. The SMILES string of the molecule is CCOC(=O)Cn1cnc2nc(N3CCCCC3)[nH]c(=O)c21. The van der Waals surface area contributed by atoms with Gasteiger partial charge in [-0.15, -0.1) is 0 Å². The van der Waals surface area contributed by atoms with Gasteiger partial charge in [0.25, 0.3) is 5.56 Å². The molecule has 3 rings (SSSR count). The molecule has 0 aromatic carbocycles. The van der Waals surface area contributed by atoms with Gasteiger partial charge in [0.1, 0.15) is 6.54 Å². The minimum Gasteiger partial charge on any atom is -0.465 e. The van der Waals surface area contributed by atoms with Crippen molar-refractivity contribution in [2.45, 2.75) is 32.7 Å². The lowest BCUT2D eigenvalue weighted by Crippen LogP contribution is -2.32. The average molecular weight is 305 g/mol. The summed E-state index contributed by atoms with van der Waals surface area (Å²) < 4.78 is 6.37. The maximum Gasteiger partial charge on any atom is 0.326 e. The highest BCUT2D eigenvalue weighted by molar-refractivity contribution is 5.75. The first-order valence-corrected chi connectivity index (χ1v) is 7.54. The standard InChI is InChI=1S/C14H19N5O3/c1-2-22-10(20)8-19-9-15-12-11(19)13(21)17-14(16-12)18-6-4-3-5-7-18/h9H,2-8H2,1H3,(H,16,17,21). The Balaban J connectivity index is 1.92. The summed E-state index contributed by atoms with van der Waals surface area (Å²) in [7, 11) is 0. The van der Waals surface area contributed by atoms with Crippen molar-refractivity contribution in [1.29, 1.82) is 0 Å². The number of nitrogens with one attached hydrogen (secondary N) is 1. The number of carbonyl (C=O) groups is 1. The molecular formula is C14H19N5O3. The Morgan fingerprint density at radius 2 is 2.14 bits per heavy atom. The van der Waals surface area contributed by atoms with Crippen LogP contribution in [-0.4, -0.2) is 45.2 Å². The van der Waals surface area contributed by atoms with Gasteiger partial charge in [-0.3, -0.25) is 14.6 Å². The van der Waals surface area contributed by atoms with E-state index < -0.39 is 5.97 Å². The lowest BCUT2D eigenvalue weighted by atomic mass is 10.1. The average Bonchev–Trinajstić information content (AvgIpc) is 2.92. The Hall–Kier alpha value is -2.38. The first-order chi connectivity index (χ1) is 10.7. The van der Waals surface area contributed by atoms with Crippen molar-refractivity contribution in [2.75, 3.05) is 24.6 Å². The summed E-state index contributed by atoms with van der Waals surface area (Å²) in [5.74, 6) is 0.153. The first kappa shape index (κ1) is 14.6. The number of rotatable bonds is 4. The number of esters is 1. The molecule has 1 N–H and O–H groups in total. The van der Waals surface area contributed by atoms with Gasteiger partial charge in [-0.05, 0) is 26.2 Å². The maximum absolute atomic E-state index is 12.3. The number of aromatic nitrogens is 4. The van der Waals surface area contributed by atoms with E-state index in [0.29, 0.717) is 23.7 Å². The first-order valence-electron chi connectivity index (χ1n) is 7.54. The molecular weight excluding hydrogens is 286 g/mol. The Bertz CT molecular complexity index is 730. The van der Waals surface area contributed by atoms with Gasteiger partial charge >= 0.3 is 5.97 Å². The van der Waals surface area contributed by atoms with Crippen LogP contribution in [0.5, 0.6) is 0 Å². The number of fused-ring (bicyclic) bond motifs is 1. The quantitative estimate of drug-likeness (QED) is 0.835. The van der Waals surface area contributed by atoms with Crippen LogP contribution in [0.3, 0.4) is 0 Å². The number of piperidine rings is 1. The van der Waals surface area contributed by atoms with Gasteiger partial charge in [0, 0.05) is 13.1 Å². The fourth-order valence-electron chi connectivity index (χ4n) is 2.70. The molecule has 1 aliphatic heterocycles. The van der Waals surface area contributed by atoms with E-state index in [0.717, 1.165) is 25.9 Å². The molecule has 3 heterocycles. The van der Waals surface area contributed by atoms with Crippen LogP contribution in [-0.2, 0) is 16.1 Å². The molecule has 0 radical (unpaired) electrons. The number of hydrogen-bond acceptors (Lipinski definition) is 6. The van der Waals surface area contributed by atoms with Crippen LogP contribution >= 0.6 is 0 Å². The van der Waals surface area contributed by atoms with Crippen LogP contribution in [0.15, 0.2) is 11.1 Å². The number of nitrogens with zero attached hydrogens (tertiary/aromatic N) is 4. The van der Waals surface area contributed by atoms with Gasteiger partial charge in [-0.1, -0.05) is 0 Å². The van der Waals surface area contributed by atoms with Crippen LogP contribution in [0.1, 0.15) is 26.2 Å². The zero-order valence-corrected chi connectivity index (χ0v) is 12.5. The zero-order chi connectivity index (χ0) is 15.5. The normalized spacial score (nSPS) is 15.2. The van der Waals surface area contributed by atoms with Crippen molar-refractivity contribution in [2.24, 2.45) is 0 Å². The van der Waals surface area contributed by atoms with Crippen LogP contribution in [0.25, 0.3) is 11.2 Å². The van der Waals surface area contributed by atoms with Gasteiger partial charge in [0.2, 0.25) is 5.95 Å². The molecule has 8 heteroatoms. The van der Waals surface area contributed by atoms with Gasteiger partial charge < -0.3 is 14.2 Å². The number of aromatic amines is 1. The molecule has 0 amide bonds.